The van der Waals surface area contributed by atoms with Crippen LogP contribution in [0, 0.1) is 0 Å². The van der Waals surface area contributed by atoms with Crippen molar-refractivity contribution in [3.05, 3.63) is 70.1 Å². The van der Waals surface area contributed by atoms with Crippen LogP contribution in [-0.2, 0) is 11.8 Å². The third kappa shape index (κ3) is 3.75. The lowest BCUT2D eigenvalue weighted by molar-refractivity contribution is -0.181. The average Bonchev–Trinajstić information content (AvgIpc) is 2.70. The van der Waals surface area contributed by atoms with E-state index >= 15 is 0 Å². The largest absolute Gasteiger partial charge is 0.393 e. The Balaban J connectivity index is 1.45. The van der Waals surface area contributed by atoms with Crippen molar-refractivity contribution < 1.29 is 14.6 Å². The Hall–Kier alpha value is -2.44. The van der Waals surface area contributed by atoms with Gasteiger partial charge < -0.3 is 19.3 Å². The normalized spacial score (nSPS) is 24.3. The van der Waals surface area contributed by atoms with Gasteiger partial charge in [-0.25, -0.2) is 0 Å². The molecule has 0 bridgehead atoms. The van der Waals surface area contributed by atoms with Crippen LogP contribution in [-0.4, -0.2) is 45.3 Å². The number of hydrogen-bond donors (Lipinski definition) is 1. The number of pyridine rings is 1. The average molecular weight is 382 g/mol. The van der Waals surface area contributed by atoms with Gasteiger partial charge in [0.05, 0.1) is 23.4 Å². The zero-order valence-electron chi connectivity index (χ0n) is 16.1. The van der Waals surface area contributed by atoms with E-state index in [-0.39, 0.29) is 17.6 Å². The van der Waals surface area contributed by atoms with Gasteiger partial charge in [-0.1, -0.05) is 30.3 Å². The highest BCUT2D eigenvalue weighted by molar-refractivity contribution is 5.94. The first-order valence-corrected chi connectivity index (χ1v) is 9.83. The maximum Gasteiger partial charge on any atom is 0.255 e. The summed E-state index contributed by atoms with van der Waals surface area (Å²) in [5.74, 6) is -0.0681. The molecule has 2 aliphatic rings. The van der Waals surface area contributed by atoms with Crippen molar-refractivity contribution in [1.29, 1.82) is 0 Å². The first kappa shape index (κ1) is 18.9. The Morgan fingerprint density at radius 2 is 1.86 bits per heavy atom. The van der Waals surface area contributed by atoms with Crippen molar-refractivity contribution in [3.63, 3.8) is 0 Å². The minimum Gasteiger partial charge on any atom is -0.393 e. The predicted octanol–water partition coefficient (Wildman–Crippen LogP) is 2.27. The number of carbonyl (C=O) groups excluding carboxylic acids is 1. The van der Waals surface area contributed by atoms with Crippen molar-refractivity contribution in [2.45, 2.75) is 43.5 Å². The van der Waals surface area contributed by atoms with E-state index in [0.29, 0.717) is 44.3 Å². The van der Waals surface area contributed by atoms with Crippen LogP contribution in [0.5, 0.6) is 0 Å². The SMILES string of the molecule is Cn1cc(C(=O)N2CCC3(CC2)C[C@@H](O)C[C@H](c2ccccc2)O3)ccc1=O. The van der Waals surface area contributed by atoms with Crippen LogP contribution in [0.15, 0.2) is 53.5 Å². The number of aryl methyl sites for hydroxylation is 1. The molecule has 0 saturated carbocycles. The number of aliphatic hydroxyl groups excluding tert-OH is 1. The van der Waals surface area contributed by atoms with E-state index in [2.05, 4.69) is 0 Å². The summed E-state index contributed by atoms with van der Waals surface area (Å²) in [6.45, 7) is 1.16. The lowest BCUT2D eigenvalue weighted by atomic mass is 9.81. The van der Waals surface area contributed by atoms with Crippen LogP contribution in [0.4, 0.5) is 0 Å². The zero-order valence-corrected chi connectivity index (χ0v) is 16.1. The molecule has 28 heavy (non-hydrogen) atoms. The minimum atomic E-state index is -0.398. The fraction of sp³-hybridized carbons (Fsp3) is 0.455. The number of piperidine rings is 1. The molecule has 1 N–H and O–H groups in total. The van der Waals surface area contributed by atoms with E-state index in [1.807, 2.05) is 35.2 Å². The van der Waals surface area contributed by atoms with Crippen molar-refractivity contribution >= 4 is 5.91 Å². The summed E-state index contributed by atoms with van der Waals surface area (Å²) in [5, 5.41) is 10.5. The summed E-state index contributed by atoms with van der Waals surface area (Å²) >= 11 is 0. The molecule has 0 aliphatic carbocycles. The number of ether oxygens (including phenoxy) is 1. The van der Waals surface area contributed by atoms with Crippen LogP contribution >= 0.6 is 0 Å². The number of aliphatic hydroxyl groups is 1. The summed E-state index contributed by atoms with van der Waals surface area (Å²) in [6, 6.07) is 13.0. The van der Waals surface area contributed by atoms with Gasteiger partial charge in [-0.3, -0.25) is 9.59 Å². The van der Waals surface area contributed by atoms with Crippen molar-refractivity contribution in [1.82, 2.24) is 9.47 Å². The van der Waals surface area contributed by atoms with E-state index in [1.54, 1.807) is 19.3 Å². The van der Waals surface area contributed by atoms with E-state index < -0.39 is 11.7 Å². The molecule has 2 aromatic rings. The van der Waals surface area contributed by atoms with Crippen LogP contribution in [0.1, 0.15) is 47.7 Å². The number of benzene rings is 1. The molecule has 2 saturated heterocycles. The lowest BCUT2D eigenvalue weighted by Crippen LogP contribution is -2.52. The number of rotatable bonds is 2. The Morgan fingerprint density at radius 1 is 1.14 bits per heavy atom. The summed E-state index contributed by atoms with van der Waals surface area (Å²) < 4.78 is 7.92. The van der Waals surface area contributed by atoms with Gasteiger partial charge in [0, 0.05) is 45.2 Å². The molecule has 148 valence electrons. The molecule has 2 aliphatic heterocycles. The second kappa shape index (κ2) is 7.53. The van der Waals surface area contributed by atoms with E-state index in [9.17, 15) is 14.7 Å². The number of amides is 1. The molecule has 1 spiro atoms. The van der Waals surface area contributed by atoms with Gasteiger partial charge >= 0.3 is 0 Å². The summed E-state index contributed by atoms with van der Waals surface area (Å²) in [7, 11) is 1.64. The number of carbonyl (C=O) groups is 1. The molecule has 3 heterocycles. The Bertz CT molecular complexity index is 900. The molecule has 4 rings (SSSR count). The van der Waals surface area contributed by atoms with Crippen LogP contribution < -0.4 is 5.56 Å². The summed E-state index contributed by atoms with van der Waals surface area (Å²) in [4.78, 5) is 26.2. The van der Waals surface area contributed by atoms with Gasteiger partial charge in [0.2, 0.25) is 5.56 Å². The highest BCUT2D eigenvalue weighted by Crippen LogP contribution is 2.43. The first-order chi connectivity index (χ1) is 13.5. The third-order valence-corrected chi connectivity index (χ3v) is 5.95. The summed E-state index contributed by atoms with van der Waals surface area (Å²) in [5.41, 5.74) is 1.08. The number of aromatic nitrogens is 1. The number of nitrogens with zero attached hydrogens (tertiary/aromatic N) is 2. The van der Waals surface area contributed by atoms with Crippen LogP contribution in [0.3, 0.4) is 0 Å². The lowest BCUT2D eigenvalue weighted by Gasteiger charge is -2.48. The van der Waals surface area contributed by atoms with Gasteiger partial charge in [-0.05, 0) is 24.5 Å². The maximum absolute atomic E-state index is 12.8. The topological polar surface area (TPSA) is 71.8 Å². The highest BCUT2D eigenvalue weighted by atomic mass is 16.5. The van der Waals surface area contributed by atoms with E-state index in [1.165, 1.54) is 10.6 Å². The zero-order chi connectivity index (χ0) is 19.7. The molecular weight excluding hydrogens is 356 g/mol. The molecule has 0 radical (unpaired) electrons. The maximum atomic E-state index is 12.8. The Kier molecular flexibility index (Phi) is 5.08. The first-order valence-electron chi connectivity index (χ1n) is 9.83. The van der Waals surface area contributed by atoms with Crippen LogP contribution in [0.25, 0.3) is 0 Å². The summed E-state index contributed by atoms with van der Waals surface area (Å²) in [6.07, 6.45) is 3.68. The van der Waals surface area contributed by atoms with E-state index in [4.69, 9.17) is 4.74 Å². The quantitative estimate of drug-likeness (QED) is 0.865. The van der Waals surface area contributed by atoms with E-state index in [0.717, 1.165) is 5.56 Å². The standard InChI is InChI=1S/C22H26N2O4/c1-23-15-17(7-8-20(23)26)21(27)24-11-9-22(10-12-24)14-18(25)13-19(28-22)16-5-3-2-4-6-16/h2-8,15,18-19,25H,9-14H2,1H3/t18-,19+/m0/s1. The molecule has 6 nitrogen and oxygen atoms in total. The monoisotopic (exact) mass is 382 g/mol. The molecule has 0 unspecified atom stereocenters. The number of likely N-dealkylation sites (tertiary alicyclic amines) is 1. The van der Waals surface area contributed by atoms with Crippen molar-refractivity contribution in [2.75, 3.05) is 13.1 Å². The second-order valence-electron chi connectivity index (χ2n) is 7.95. The molecule has 2 atom stereocenters. The minimum absolute atomic E-state index is 0.0681. The molecule has 1 aromatic carbocycles. The van der Waals surface area contributed by atoms with Gasteiger partial charge in [0.25, 0.3) is 5.91 Å². The highest BCUT2D eigenvalue weighted by Gasteiger charge is 2.44. The van der Waals surface area contributed by atoms with Gasteiger partial charge in [0.15, 0.2) is 0 Å². The molecular formula is C22H26N2O4. The van der Waals surface area contributed by atoms with Gasteiger partial charge in [-0.2, -0.15) is 0 Å². The van der Waals surface area contributed by atoms with Crippen molar-refractivity contribution in [2.24, 2.45) is 7.05 Å². The Labute approximate surface area is 164 Å². The predicted molar refractivity (Wildman–Crippen MR) is 105 cm³/mol. The fourth-order valence-electron chi connectivity index (χ4n) is 4.37. The molecule has 2 fully saturated rings. The smallest absolute Gasteiger partial charge is 0.255 e. The molecule has 1 aromatic heterocycles. The third-order valence-electron chi connectivity index (χ3n) is 5.95. The Morgan fingerprint density at radius 3 is 2.54 bits per heavy atom. The fourth-order valence-corrected chi connectivity index (χ4v) is 4.37. The number of hydrogen-bond acceptors (Lipinski definition) is 4. The van der Waals surface area contributed by atoms with Gasteiger partial charge in [-0.15, -0.1) is 0 Å². The molecule has 1 amide bonds. The second-order valence-corrected chi connectivity index (χ2v) is 7.95. The van der Waals surface area contributed by atoms with Crippen molar-refractivity contribution in [3.8, 4) is 0 Å². The van der Waals surface area contributed by atoms with Crippen LogP contribution in [0.2, 0.25) is 0 Å². The molecule has 6 heteroatoms. The van der Waals surface area contributed by atoms with Gasteiger partial charge in [0.1, 0.15) is 0 Å².